The Morgan fingerprint density at radius 1 is 1.22 bits per heavy atom. The van der Waals surface area contributed by atoms with Crippen LogP contribution in [0.4, 0.5) is 0 Å². The first-order valence-electron chi connectivity index (χ1n) is 7.41. The van der Waals surface area contributed by atoms with Gasteiger partial charge >= 0.3 is 0 Å². The molecule has 3 aromatic rings. The molecule has 0 aliphatic carbocycles. The van der Waals surface area contributed by atoms with Gasteiger partial charge in [0.15, 0.2) is 5.82 Å². The van der Waals surface area contributed by atoms with E-state index in [1.807, 2.05) is 30.3 Å². The lowest BCUT2D eigenvalue weighted by molar-refractivity contribution is 1.13. The Bertz CT molecular complexity index is 976. The fourth-order valence-corrected chi connectivity index (χ4v) is 2.38. The molecule has 1 N–H and O–H groups in total. The van der Waals surface area contributed by atoms with Crippen LogP contribution in [0.5, 0.6) is 0 Å². The Morgan fingerprint density at radius 3 is 2.65 bits per heavy atom. The third-order valence-electron chi connectivity index (χ3n) is 3.69. The van der Waals surface area contributed by atoms with Gasteiger partial charge in [-0.15, -0.1) is 0 Å². The number of allylic oxidation sites excluding steroid dienone is 1. The number of nitriles is 1. The summed E-state index contributed by atoms with van der Waals surface area (Å²) in [5.41, 5.74) is 2.80. The van der Waals surface area contributed by atoms with Crippen molar-refractivity contribution in [2.75, 3.05) is 0 Å². The van der Waals surface area contributed by atoms with Crippen molar-refractivity contribution in [3.63, 3.8) is 0 Å². The number of para-hydroxylation sites is 1. The summed E-state index contributed by atoms with van der Waals surface area (Å²) >= 11 is 0. The van der Waals surface area contributed by atoms with E-state index in [0.717, 1.165) is 12.0 Å². The van der Waals surface area contributed by atoms with Crippen molar-refractivity contribution >= 4 is 22.6 Å². The number of H-pyrrole nitrogens is 1. The lowest BCUT2D eigenvalue weighted by Crippen LogP contribution is -2.11. The predicted octanol–water partition coefficient (Wildman–Crippen LogP) is 3.55. The average Bonchev–Trinajstić information content (AvgIpc) is 2.60. The summed E-state index contributed by atoms with van der Waals surface area (Å²) in [6.07, 6.45) is 2.70. The molecule has 0 fully saturated rings. The van der Waals surface area contributed by atoms with Gasteiger partial charge in [0.25, 0.3) is 5.56 Å². The van der Waals surface area contributed by atoms with Gasteiger partial charge < -0.3 is 4.98 Å². The van der Waals surface area contributed by atoms with Crippen LogP contribution in [0.1, 0.15) is 23.9 Å². The lowest BCUT2D eigenvalue weighted by atomic mass is 10.1. The summed E-state index contributed by atoms with van der Waals surface area (Å²) in [6, 6.07) is 17.2. The minimum atomic E-state index is -0.243. The van der Waals surface area contributed by atoms with E-state index in [2.05, 4.69) is 23.0 Å². The average molecular weight is 301 g/mol. The minimum absolute atomic E-state index is 0.243. The fourth-order valence-electron chi connectivity index (χ4n) is 2.38. The molecule has 0 aliphatic heterocycles. The van der Waals surface area contributed by atoms with Crippen LogP contribution < -0.4 is 5.56 Å². The van der Waals surface area contributed by atoms with E-state index in [1.165, 1.54) is 5.56 Å². The summed E-state index contributed by atoms with van der Waals surface area (Å²) < 4.78 is 0. The Hall–Kier alpha value is -3.19. The molecular formula is C19H15N3O. The molecule has 4 heteroatoms. The lowest BCUT2D eigenvalue weighted by Gasteiger charge is -2.02. The number of hydrogen-bond donors (Lipinski definition) is 1. The van der Waals surface area contributed by atoms with Crippen molar-refractivity contribution in [1.29, 1.82) is 5.26 Å². The number of fused-ring (bicyclic) bond motifs is 1. The second-order valence-electron chi connectivity index (χ2n) is 5.20. The zero-order valence-electron chi connectivity index (χ0n) is 12.7. The molecule has 0 bridgehead atoms. The number of benzene rings is 2. The van der Waals surface area contributed by atoms with Crippen molar-refractivity contribution in [3.8, 4) is 6.07 Å². The van der Waals surface area contributed by atoms with Gasteiger partial charge in [-0.3, -0.25) is 4.79 Å². The van der Waals surface area contributed by atoms with Gasteiger partial charge in [-0.25, -0.2) is 4.98 Å². The van der Waals surface area contributed by atoms with Crippen molar-refractivity contribution in [1.82, 2.24) is 9.97 Å². The first kappa shape index (κ1) is 14.7. The predicted molar refractivity (Wildman–Crippen MR) is 91.7 cm³/mol. The second-order valence-corrected chi connectivity index (χ2v) is 5.20. The highest BCUT2D eigenvalue weighted by atomic mass is 16.1. The molecule has 3 rings (SSSR count). The van der Waals surface area contributed by atoms with Gasteiger partial charge in [0.05, 0.1) is 16.5 Å². The molecule has 0 spiro atoms. The Kier molecular flexibility index (Phi) is 4.03. The van der Waals surface area contributed by atoms with Crippen molar-refractivity contribution in [2.24, 2.45) is 0 Å². The van der Waals surface area contributed by atoms with Crippen LogP contribution in [0, 0.1) is 11.3 Å². The molecule has 0 saturated carbocycles. The molecule has 2 aromatic carbocycles. The number of aromatic nitrogens is 2. The molecule has 1 aromatic heterocycles. The van der Waals surface area contributed by atoms with Crippen molar-refractivity contribution in [3.05, 3.63) is 75.8 Å². The van der Waals surface area contributed by atoms with E-state index < -0.39 is 0 Å². The third-order valence-corrected chi connectivity index (χ3v) is 3.69. The maximum absolute atomic E-state index is 12.1. The minimum Gasteiger partial charge on any atom is -0.305 e. The molecule has 0 radical (unpaired) electrons. The van der Waals surface area contributed by atoms with Crippen LogP contribution in [0.15, 0.2) is 53.3 Å². The van der Waals surface area contributed by atoms with Crippen molar-refractivity contribution < 1.29 is 0 Å². The van der Waals surface area contributed by atoms with Crippen molar-refractivity contribution in [2.45, 2.75) is 13.3 Å². The van der Waals surface area contributed by atoms with E-state index in [1.54, 1.807) is 24.3 Å². The van der Waals surface area contributed by atoms with Crippen LogP contribution in [-0.4, -0.2) is 9.97 Å². The highest BCUT2D eigenvalue weighted by Crippen LogP contribution is 2.16. The normalized spacial score (nSPS) is 11.4. The molecule has 0 saturated heterocycles. The van der Waals surface area contributed by atoms with Gasteiger partial charge in [-0.05, 0) is 35.8 Å². The topological polar surface area (TPSA) is 69.5 Å². The highest BCUT2D eigenvalue weighted by molar-refractivity contribution is 5.89. The molecule has 1 heterocycles. The van der Waals surface area contributed by atoms with Gasteiger partial charge in [0.1, 0.15) is 6.07 Å². The molecule has 0 aliphatic rings. The summed E-state index contributed by atoms with van der Waals surface area (Å²) in [7, 11) is 0. The molecule has 0 atom stereocenters. The number of hydrogen-bond acceptors (Lipinski definition) is 3. The molecule has 0 unspecified atom stereocenters. The summed E-state index contributed by atoms with van der Waals surface area (Å²) in [5, 5.41) is 9.94. The third kappa shape index (κ3) is 3.04. The molecule has 4 nitrogen and oxygen atoms in total. The number of rotatable bonds is 3. The Morgan fingerprint density at radius 2 is 1.96 bits per heavy atom. The Labute approximate surface area is 133 Å². The first-order chi connectivity index (χ1) is 11.2. The smallest absolute Gasteiger partial charge is 0.259 e. The van der Waals surface area contributed by atoms with E-state index in [9.17, 15) is 10.1 Å². The number of nitrogens with zero attached hydrogens (tertiary/aromatic N) is 2. The standard InChI is InChI=1S/C19H15N3O/c1-2-13-7-9-14(10-8-13)11-15(12-20)18-21-17-6-4-3-5-16(17)19(23)22-18/h3-11H,2H2,1H3,(H,21,22,23)/b15-11+. The second kappa shape index (κ2) is 6.29. The van der Waals surface area contributed by atoms with E-state index >= 15 is 0 Å². The van der Waals surface area contributed by atoms with Crippen LogP contribution in [-0.2, 0) is 6.42 Å². The molecular weight excluding hydrogens is 286 g/mol. The molecule has 23 heavy (non-hydrogen) atoms. The largest absolute Gasteiger partial charge is 0.305 e. The first-order valence-corrected chi connectivity index (χ1v) is 7.41. The van der Waals surface area contributed by atoms with E-state index in [0.29, 0.717) is 16.5 Å². The Balaban J connectivity index is 2.08. The summed E-state index contributed by atoms with van der Waals surface area (Å²) in [5.74, 6) is 0.288. The number of nitrogens with one attached hydrogen (secondary N) is 1. The van der Waals surface area contributed by atoms with Crippen LogP contribution in [0.3, 0.4) is 0 Å². The SMILES string of the molecule is CCc1ccc(/C=C(\C#N)c2nc3ccccc3c(=O)[nH]2)cc1. The van der Waals surface area contributed by atoms with E-state index in [4.69, 9.17) is 0 Å². The fraction of sp³-hybridized carbons (Fsp3) is 0.105. The summed E-state index contributed by atoms with van der Waals surface area (Å²) in [6.45, 7) is 2.09. The number of aryl methyl sites for hydroxylation is 1. The number of aromatic amines is 1. The van der Waals surface area contributed by atoms with Crippen LogP contribution in [0.2, 0.25) is 0 Å². The van der Waals surface area contributed by atoms with E-state index in [-0.39, 0.29) is 11.4 Å². The van der Waals surface area contributed by atoms with Gasteiger partial charge in [-0.2, -0.15) is 5.26 Å². The van der Waals surface area contributed by atoms with Gasteiger partial charge in [-0.1, -0.05) is 43.3 Å². The maximum Gasteiger partial charge on any atom is 0.259 e. The zero-order chi connectivity index (χ0) is 16.2. The quantitative estimate of drug-likeness (QED) is 0.752. The molecule has 0 amide bonds. The van der Waals surface area contributed by atoms with Crippen LogP contribution in [0.25, 0.3) is 22.6 Å². The monoisotopic (exact) mass is 301 g/mol. The van der Waals surface area contributed by atoms with Gasteiger partial charge in [0.2, 0.25) is 0 Å². The molecule has 112 valence electrons. The summed E-state index contributed by atoms with van der Waals surface area (Å²) in [4.78, 5) is 19.2. The van der Waals surface area contributed by atoms with Gasteiger partial charge in [0, 0.05) is 0 Å². The maximum atomic E-state index is 12.1. The van der Waals surface area contributed by atoms with Crippen LogP contribution >= 0.6 is 0 Å². The zero-order valence-corrected chi connectivity index (χ0v) is 12.7. The highest BCUT2D eigenvalue weighted by Gasteiger charge is 2.08.